The number of methoxy groups -OCH3 is 1. The van der Waals surface area contributed by atoms with Gasteiger partial charge in [-0.3, -0.25) is 0 Å². The number of alkyl halides is 3. The first-order chi connectivity index (χ1) is 11.2. The molecular weight excluding hydrogens is 384 g/mol. The van der Waals surface area contributed by atoms with Crippen molar-refractivity contribution >= 4 is 51.9 Å². The molecule has 0 aliphatic heterocycles. The molecule has 0 aromatic heterocycles. The average molecular weight is 395 g/mol. The van der Waals surface area contributed by atoms with Crippen molar-refractivity contribution in [1.82, 2.24) is 0 Å². The van der Waals surface area contributed by atoms with Gasteiger partial charge in [0.25, 0.3) is 0 Å². The molecule has 2 rings (SSSR count). The summed E-state index contributed by atoms with van der Waals surface area (Å²) in [5.74, 6) is 0.494. The first-order valence-electron chi connectivity index (χ1n) is 6.49. The zero-order valence-corrected chi connectivity index (χ0v) is 14.5. The normalized spacial score (nSPS) is 11.1. The Morgan fingerprint density at radius 1 is 1.00 bits per heavy atom. The summed E-state index contributed by atoms with van der Waals surface area (Å²) in [6.07, 6.45) is -4.55. The van der Waals surface area contributed by atoms with E-state index in [2.05, 4.69) is 10.6 Å². The molecule has 2 N–H and O–H groups in total. The molecule has 2 aromatic rings. The van der Waals surface area contributed by atoms with Gasteiger partial charge in [0.05, 0.1) is 22.7 Å². The molecule has 0 bridgehead atoms. The Bertz CT molecular complexity index is 769. The highest BCUT2D eigenvalue weighted by Crippen LogP contribution is 2.36. The molecule has 0 saturated heterocycles. The molecule has 0 saturated carbocycles. The summed E-state index contributed by atoms with van der Waals surface area (Å²) in [7, 11) is 1.49. The standard InChI is InChI=1S/C15H11Cl2F3N2OS/c1-23-13-5-3-9(7-12(13)17)22-14(24)21-8-2-4-11(16)10(6-8)15(18,19)20/h2-7H,1H3,(H2,21,22,24). The predicted octanol–water partition coefficient (Wildman–Crippen LogP) is 5.83. The van der Waals surface area contributed by atoms with Crippen LogP contribution in [0.25, 0.3) is 0 Å². The lowest BCUT2D eigenvalue weighted by Gasteiger charge is -2.14. The second-order valence-electron chi connectivity index (χ2n) is 4.62. The van der Waals surface area contributed by atoms with Crippen LogP contribution in [0.4, 0.5) is 24.5 Å². The molecule has 0 aliphatic rings. The molecule has 0 fully saturated rings. The Hall–Kier alpha value is -1.70. The lowest BCUT2D eigenvalue weighted by molar-refractivity contribution is -0.137. The maximum atomic E-state index is 12.8. The van der Waals surface area contributed by atoms with E-state index in [4.69, 9.17) is 40.2 Å². The SMILES string of the molecule is COc1ccc(NC(=S)Nc2ccc(Cl)c(C(F)(F)F)c2)cc1Cl. The van der Waals surface area contributed by atoms with Gasteiger partial charge < -0.3 is 15.4 Å². The smallest absolute Gasteiger partial charge is 0.417 e. The zero-order chi connectivity index (χ0) is 17.9. The van der Waals surface area contributed by atoms with E-state index < -0.39 is 11.7 Å². The fraction of sp³-hybridized carbons (Fsp3) is 0.133. The number of hydrogen-bond donors (Lipinski definition) is 2. The van der Waals surface area contributed by atoms with Gasteiger partial charge in [-0.1, -0.05) is 23.2 Å². The number of ether oxygens (including phenoxy) is 1. The number of nitrogens with one attached hydrogen (secondary N) is 2. The number of thiocarbonyl (C=S) groups is 1. The van der Waals surface area contributed by atoms with Crippen molar-refractivity contribution < 1.29 is 17.9 Å². The topological polar surface area (TPSA) is 33.3 Å². The van der Waals surface area contributed by atoms with E-state index in [1.54, 1.807) is 18.2 Å². The first kappa shape index (κ1) is 18.6. The zero-order valence-electron chi connectivity index (χ0n) is 12.2. The summed E-state index contributed by atoms with van der Waals surface area (Å²) >= 11 is 16.6. The van der Waals surface area contributed by atoms with Gasteiger partial charge in [-0.25, -0.2) is 0 Å². The average Bonchev–Trinajstić information content (AvgIpc) is 2.48. The van der Waals surface area contributed by atoms with Crippen LogP contribution < -0.4 is 15.4 Å². The van der Waals surface area contributed by atoms with Crippen LogP contribution >= 0.6 is 35.4 Å². The summed E-state index contributed by atoms with van der Waals surface area (Å²) in [4.78, 5) is 0. The van der Waals surface area contributed by atoms with Gasteiger partial charge >= 0.3 is 6.18 Å². The Morgan fingerprint density at radius 3 is 2.12 bits per heavy atom. The van der Waals surface area contributed by atoms with Gasteiger partial charge in [0.15, 0.2) is 5.11 Å². The van der Waals surface area contributed by atoms with E-state index in [1.807, 2.05) is 0 Å². The summed E-state index contributed by atoms with van der Waals surface area (Å²) in [5, 5.41) is 5.58. The number of halogens is 5. The molecule has 9 heteroatoms. The molecular formula is C15H11Cl2F3N2OS. The third kappa shape index (κ3) is 4.66. The first-order valence-corrected chi connectivity index (χ1v) is 7.65. The molecule has 0 amide bonds. The van der Waals surface area contributed by atoms with Gasteiger partial charge in [-0.2, -0.15) is 13.2 Å². The van der Waals surface area contributed by atoms with Crippen LogP contribution in [0.1, 0.15) is 5.56 Å². The number of hydrogen-bond acceptors (Lipinski definition) is 2. The minimum Gasteiger partial charge on any atom is -0.495 e. The molecule has 0 aliphatic carbocycles. The third-order valence-corrected chi connectivity index (χ3v) is 3.77. The number of benzene rings is 2. The minimum atomic E-state index is -4.55. The van der Waals surface area contributed by atoms with Crippen molar-refractivity contribution in [2.45, 2.75) is 6.18 Å². The summed E-state index contributed by atoms with van der Waals surface area (Å²) in [6.45, 7) is 0. The van der Waals surface area contributed by atoms with Crippen molar-refractivity contribution in [3.63, 3.8) is 0 Å². The van der Waals surface area contributed by atoms with Crippen LogP contribution in [0.2, 0.25) is 10.0 Å². The fourth-order valence-corrected chi connectivity index (χ4v) is 2.58. The molecule has 0 radical (unpaired) electrons. The van der Waals surface area contributed by atoms with Crippen LogP contribution in [0.5, 0.6) is 5.75 Å². The predicted molar refractivity (Wildman–Crippen MR) is 94.3 cm³/mol. The van der Waals surface area contributed by atoms with Crippen LogP contribution in [0.15, 0.2) is 36.4 Å². The largest absolute Gasteiger partial charge is 0.495 e. The van der Waals surface area contributed by atoms with Crippen molar-refractivity contribution in [2.75, 3.05) is 17.7 Å². The maximum Gasteiger partial charge on any atom is 0.417 e. The van der Waals surface area contributed by atoms with Crippen molar-refractivity contribution in [3.8, 4) is 5.75 Å². The lowest BCUT2D eigenvalue weighted by Crippen LogP contribution is -2.19. The highest BCUT2D eigenvalue weighted by Gasteiger charge is 2.33. The van der Waals surface area contributed by atoms with Gasteiger partial charge in [0.1, 0.15) is 5.75 Å². The summed E-state index contributed by atoms with van der Waals surface area (Å²) in [5.41, 5.74) is -0.225. The molecule has 3 nitrogen and oxygen atoms in total. The molecule has 24 heavy (non-hydrogen) atoms. The number of anilines is 2. The van der Waals surface area contributed by atoms with Crippen LogP contribution in [-0.2, 0) is 6.18 Å². The van der Waals surface area contributed by atoms with Gasteiger partial charge in [-0.15, -0.1) is 0 Å². The molecule has 0 unspecified atom stereocenters. The van der Waals surface area contributed by atoms with Gasteiger partial charge in [0, 0.05) is 11.4 Å². The third-order valence-electron chi connectivity index (χ3n) is 2.94. The molecule has 0 spiro atoms. The summed E-state index contributed by atoms with van der Waals surface area (Å²) < 4.78 is 43.6. The lowest BCUT2D eigenvalue weighted by atomic mass is 10.2. The molecule has 0 atom stereocenters. The van der Waals surface area contributed by atoms with Gasteiger partial charge in [-0.05, 0) is 48.6 Å². The fourth-order valence-electron chi connectivity index (χ4n) is 1.86. The second kappa shape index (κ2) is 7.46. The Kier molecular flexibility index (Phi) is 5.79. The summed E-state index contributed by atoms with van der Waals surface area (Å²) in [6, 6.07) is 8.32. The molecule has 128 valence electrons. The van der Waals surface area contributed by atoms with E-state index in [-0.39, 0.29) is 15.8 Å². The minimum absolute atomic E-state index is 0.103. The Balaban J connectivity index is 2.11. The van der Waals surface area contributed by atoms with E-state index >= 15 is 0 Å². The molecule has 2 aromatic carbocycles. The van der Waals surface area contributed by atoms with E-state index in [0.717, 1.165) is 12.1 Å². The molecule has 0 heterocycles. The van der Waals surface area contributed by atoms with Crippen LogP contribution in [0, 0.1) is 0 Å². The Labute approximate surface area is 151 Å². The van der Waals surface area contributed by atoms with E-state index in [9.17, 15) is 13.2 Å². The maximum absolute atomic E-state index is 12.8. The monoisotopic (exact) mass is 394 g/mol. The number of rotatable bonds is 3. The quantitative estimate of drug-likeness (QED) is 0.641. The Morgan fingerprint density at radius 2 is 1.58 bits per heavy atom. The van der Waals surface area contributed by atoms with Crippen LogP contribution in [0.3, 0.4) is 0 Å². The van der Waals surface area contributed by atoms with E-state index in [0.29, 0.717) is 16.5 Å². The highest BCUT2D eigenvalue weighted by molar-refractivity contribution is 7.80. The van der Waals surface area contributed by atoms with Crippen LogP contribution in [-0.4, -0.2) is 12.2 Å². The van der Waals surface area contributed by atoms with E-state index in [1.165, 1.54) is 13.2 Å². The van der Waals surface area contributed by atoms with Gasteiger partial charge in [0.2, 0.25) is 0 Å². The van der Waals surface area contributed by atoms with Crippen molar-refractivity contribution in [3.05, 3.63) is 52.0 Å². The van der Waals surface area contributed by atoms with Crippen molar-refractivity contribution in [1.29, 1.82) is 0 Å². The van der Waals surface area contributed by atoms with Crippen molar-refractivity contribution in [2.24, 2.45) is 0 Å². The highest BCUT2D eigenvalue weighted by atomic mass is 35.5. The second-order valence-corrected chi connectivity index (χ2v) is 5.84.